The molecule has 1 aromatic rings. The van der Waals surface area contributed by atoms with Crippen LogP contribution in [0.15, 0.2) is 11.6 Å². The van der Waals surface area contributed by atoms with E-state index in [0.29, 0.717) is 5.13 Å². The van der Waals surface area contributed by atoms with Gasteiger partial charge in [0.15, 0.2) is 5.13 Å². The number of nitrogens with one attached hydrogen (secondary N) is 2. The maximum atomic E-state index is 12.0. The standard InChI is InChI=1S/C10H15N3OS/c1-10(2-4-11-5-3-10)8(14)13-9-12-6-7-15-9/h6-7,11H,2-5H2,1H3,(H,12,13,14). The van der Waals surface area contributed by atoms with Crippen LogP contribution in [0.2, 0.25) is 0 Å². The Kier molecular flexibility index (Phi) is 3.02. The van der Waals surface area contributed by atoms with E-state index in [1.807, 2.05) is 12.3 Å². The van der Waals surface area contributed by atoms with Crippen molar-refractivity contribution in [1.82, 2.24) is 10.3 Å². The topological polar surface area (TPSA) is 54.0 Å². The van der Waals surface area contributed by atoms with Crippen molar-refractivity contribution in [3.05, 3.63) is 11.6 Å². The number of carbonyl (C=O) groups is 1. The molecule has 1 saturated heterocycles. The molecule has 1 aromatic heterocycles. The molecule has 5 heteroatoms. The predicted octanol–water partition coefficient (Wildman–Crippen LogP) is 1.47. The number of hydrogen-bond donors (Lipinski definition) is 2. The summed E-state index contributed by atoms with van der Waals surface area (Å²) in [6.45, 7) is 3.86. The first-order valence-electron chi connectivity index (χ1n) is 5.12. The Hall–Kier alpha value is -0.940. The molecule has 82 valence electrons. The molecule has 1 aliphatic heterocycles. The van der Waals surface area contributed by atoms with Crippen LogP contribution in [-0.4, -0.2) is 24.0 Å². The molecule has 0 spiro atoms. The van der Waals surface area contributed by atoms with Crippen molar-refractivity contribution >= 4 is 22.4 Å². The summed E-state index contributed by atoms with van der Waals surface area (Å²) >= 11 is 1.46. The molecule has 1 fully saturated rings. The highest BCUT2D eigenvalue weighted by molar-refractivity contribution is 7.13. The number of hydrogen-bond acceptors (Lipinski definition) is 4. The molecule has 0 atom stereocenters. The molecule has 4 nitrogen and oxygen atoms in total. The molecule has 0 radical (unpaired) electrons. The highest BCUT2D eigenvalue weighted by Gasteiger charge is 2.34. The Morgan fingerprint density at radius 2 is 2.33 bits per heavy atom. The summed E-state index contributed by atoms with van der Waals surface area (Å²) in [4.78, 5) is 16.1. The second kappa shape index (κ2) is 4.28. The summed E-state index contributed by atoms with van der Waals surface area (Å²) in [7, 11) is 0. The van der Waals surface area contributed by atoms with Gasteiger partial charge in [-0.25, -0.2) is 4.98 Å². The third-order valence-corrected chi connectivity index (χ3v) is 3.60. The van der Waals surface area contributed by atoms with E-state index in [-0.39, 0.29) is 11.3 Å². The van der Waals surface area contributed by atoms with E-state index in [4.69, 9.17) is 0 Å². The van der Waals surface area contributed by atoms with Crippen LogP contribution in [0.1, 0.15) is 19.8 Å². The number of carbonyl (C=O) groups excluding carboxylic acids is 1. The fourth-order valence-corrected chi connectivity index (χ4v) is 2.26. The molecule has 2 heterocycles. The molecule has 15 heavy (non-hydrogen) atoms. The van der Waals surface area contributed by atoms with Gasteiger partial charge in [-0.05, 0) is 25.9 Å². The molecule has 0 saturated carbocycles. The number of nitrogens with zero attached hydrogens (tertiary/aromatic N) is 1. The van der Waals surface area contributed by atoms with E-state index in [1.165, 1.54) is 11.3 Å². The Balaban J connectivity index is 2.00. The van der Waals surface area contributed by atoms with Crippen molar-refractivity contribution < 1.29 is 4.79 Å². The zero-order valence-corrected chi connectivity index (χ0v) is 9.56. The Bertz CT molecular complexity index is 330. The van der Waals surface area contributed by atoms with Crippen LogP contribution in [-0.2, 0) is 4.79 Å². The van der Waals surface area contributed by atoms with E-state index >= 15 is 0 Å². The van der Waals surface area contributed by atoms with Gasteiger partial charge < -0.3 is 10.6 Å². The first-order chi connectivity index (χ1) is 7.21. The fraction of sp³-hybridized carbons (Fsp3) is 0.600. The molecule has 0 aliphatic carbocycles. The monoisotopic (exact) mass is 225 g/mol. The second-order valence-corrected chi connectivity index (χ2v) is 5.00. The number of piperidine rings is 1. The van der Waals surface area contributed by atoms with Gasteiger partial charge in [-0.3, -0.25) is 4.79 Å². The average molecular weight is 225 g/mol. The molecule has 0 unspecified atom stereocenters. The predicted molar refractivity (Wildman–Crippen MR) is 61.0 cm³/mol. The Morgan fingerprint density at radius 1 is 1.60 bits per heavy atom. The minimum atomic E-state index is -0.239. The van der Waals surface area contributed by atoms with Crippen LogP contribution in [0.25, 0.3) is 0 Å². The maximum Gasteiger partial charge on any atom is 0.232 e. The third-order valence-electron chi connectivity index (χ3n) is 2.91. The van der Waals surface area contributed by atoms with Crippen molar-refractivity contribution in [2.24, 2.45) is 5.41 Å². The highest BCUT2D eigenvalue weighted by Crippen LogP contribution is 2.29. The third kappa shape index (κ3) is 2.35. The van der Waals surface area contributed by atoms with Crippen molar-refractivity contribution in [2.75, 3.05) is 18.4 Å². The summed E-state index contributed by atoms with van der Waals surface area (Å²) in [5, 5.41) is 8.69. The van der Waals surface area contributed by atoms with E-state index in [1.54, 1.807) is 6.20 Å². The molecule has 0 bridgehead atoms. The highest BCUT2D eigenvalue weighted by atomic mass is 32.1. The molecule has 2 N–H and O–H groups in total. The zero-order chi connectivity index (χ0) is 10.7. The van der Waals surface area contributed by atoms with E-state index in [0.717, 1.165) is 25.9 Å². The first kappa shape index (κ1) is 10.6. The average Bonchev–Trinajstić information content (AvgIpc) is 2.71. The van der Waals surface area contributed by atoms with Gasteiger partial charge in [0, 0.05) is 17.0 Å². The number of aromatic nitrogens is 1. The van der Waals surface area contributed by atoms with Crippen molar-refractivity contribution in [3.8, 4) is 0 Å². The lowest BCUT2D eigenvalue weighted by molar-refractivity contribution is -0.126. The van der Waals surface area contributed by atoms with Gasteiger partial charge in [0.05, 0.1) is 0 Å². The minimum Gasteiger partial charge on any atom is -0.317 e. The van der Waals surface area contributed by atoms with Crippen molar-refractivity contribution in [3.63, 3.8) is 0 Å². The minimum absolute atomic E-state index is 0.0963. The largest absolute Gasteiger partial charge is 0.317 e. The zero-order valence-electron chi connectivity index (χ0n) is 8.75. The SMILES string of the molecule is CC1(C(=O)Nc2nccs2)CCNCC1. The smallest absolute Gasteiger partial charge is 0.232 e. The molecule has 1 aliphatic rings. The Morgan fingerprint density at radius 3 is 2.93 bits per heavy atom. The van der Waals surface area contributed by atoms with Gasteiger partial charge in [-0.2, -0.15) is 0 Å². The van der Waals surface area contributed by atoms with Crippen LogP contribution in [0.4, 0.5) is 5.13 Å². The summed E-state index contributed by atoms with van der Waals surface area (Å²) in [6.07, 6.45) is 3.49. The van der Waals surface area contributed by atoms with Gasteiger partial charge in [-0.15, -0.1) is 11.3 Å². The van der Waals surface area contributed by atoms with Crippen LogP contribution in [0, 0.1) is 5.41 Å². The number of amides is 1. The van der Waals surface area contributed by atoms with E-state index in [2.05, 4.69) is 15.6 Å². The lowest BCUT2D eigenvalue weighted by atomic mass is 9.80. The first-order valence-corrected chi connectivity index (χ1v) is 6.00. The van der Waals surface area contributed by atoms with Crippen LogP contribution >= 0.6 is 11.3 Å². The summed E-state index contributed by atoms with van der Waals surface area (Å²) in [5.41, 5.74) is -0.239. The quantitative estimate of drug-likeness (QED) is 0.801. The summed E-state index contributed by atoms with van der Waals surface area (Å²) < 4.78 is 0. The summed E-state index contributed by atoms with van der Waals surface area (Å²) in [5.74, 6) is 0.0963. The molecular weight excluding hydrogens is 210 g/mol. The second-order valence-electron chi connectivity index (χ2n) is 4.10. The lowest BCUT2D eigenvalue weighted by Crippen LogP contribution is -2.42. The molecule has 1 amide bonds. The van der Waals surface area contributed by atoms with E-state index < -0.39 is 0 Å². The normalized spacial score (nSPS) is 19.8. The van der Waals surface area contributed by atoms with Crippen molar-refractivity contribution in [1.29, 1.82) is 0 Å². The van der Waals surface area contributed by atoms with Gasteiger partial charge >= 0.3 is 0 Å². The van der Waals surface area contributed by atoms with Gasteiger partial charge in [0.1, 0.15) is 0 Å². The van der Waals surface area contributed by atoms with E-state index in [9.17, 15) is 4.79 Å². The maximum absolute atomic E-state index is 12.0. The van der Waals surface area contributed by atoms with Crippen molar-refractivity contribution in [2.45, 2.75) is 19.8 Å². The molecular formula is C10H15N3OS. The fourth-order valence-electron chi connectivity index (χ4n) is 1.74. The van der Waals surface area contributed by atoms with Crippen LogP contribution < -0.4 is 10.6 Å². The number of thiazole rings is 1. The molecule has 2 rings (SSSR count). The number of anilines is 1. The van der Waals surface area contributed by atoms with Gasteiger partial charge in [-0.1, -0.05) is 6.92 Å². The van der Waals surface area contributed by atoms with Crippen LogP contribution in [0.3, 0.4) is 0 Å². The van der Waals surface area contributed by atoms with Gasteiger partial charge in [0.2, 0.25) is 5.91 Å². The van der Waals surface area contributed by atoms with Gasteiger partial charge in [0.25, 0.3) is 0 Å². The lowest BCUT2D eigenvalue weighted by Gasteiger charge is -2.32. The van der Waals surface area contributed by atoms with Crippen LogP contribution in [0.5, 0.6) is 0 Å². The number of rotatable bonds is 2. The summed E-state index contributed by atoms with van der Waals surface area (Å²) in [6, 6.07) is 0. The molecule has 0 aromatic carbocycles. The Labute approximate surface area is 93.1 Å².